The molecule has 0 bridgehead atoms. The van der Waals surface area contributed by atoms with E-state index >= 15 is 0 Å². The third-order valence-corrected chi connectivity index (χ3v) is 4.05. The minimum absolute atomic E-state index is 0.364. The van der Waals surface area contributed by atoms with Gasteiger partial charge in [0.15, 0.2) is 0 Å². The predicted octanol–water partition coefficient (Wildman–Crippen LogP) is 1.87. The molecule has 0 spiro atoms. The van der Waals surface area contributed by atoms with E-state index in [1.54, 1.807) is 7.05 Å². The van der Waals surface area contributed by atoms with Crippen LogP contribution in [0.3, 0.4) is 0 Å². The lowest BCUT2D eigenvalue weighted by Crippen LogP contribution is -2.20. The molecule has 2 N–H and O–H groups in total. The average Bonchev–Trinajstić information content (AvgIpc) is 2.46. The molecule has 0 aliphatic carbocycles. The molecule has 1 fully saturated rings. The van der Waals surface area contributed by atoms with Gasteiger partial charge in [-0.1, -0.05) is 0 Å². The second-order valence-corrected chi connectivity index (χ2v) is 5.61. The van der Waals surface area contributed by atoms with E-state index in [1.807, 2.05) is 18.7 Å². The van der Waals surface area contributed by atoms with Crippen molar-refractivity contribution in [3.05, 3.63) is 0 Å². The Labute approximate surface area is 118 Å². The zero-order valence-electron chi connectivity index (χ0n) is 11.5. The van der Waals surface area contributed by atoms with E-state index in [0.29, 0.717) is 30.4 Å². The summed E-state index contributed by atoms with van der Waals surface area (Å²) in [7, 11) is 1.78. The molecule has 0 aromatic carbocycles. The van der Waals surface area contributed by atoms with Crippen molar-refractivity contribution >= 4 is 23.7 Å². The lowest BCUT2D eigenvalue weighted by molar-refractivity contribution is 0.312. The van der Waals surface area contributed by atoms with E-state index in [-0.39, 0.29) is 0 Å². The van der Waals surface area contributed by atoms with Crippen molar-refractivity contribution in [2.24, 2.45) is 5.92 Å². The molecule has 2 rings (SSSR count). The lowest BCUT2D eigenvalue weighted by atomic mass is 10.0. The van der Waals surface area contributed by atoms with Gasteiger partial charge >= 0.3 is 6.01 Å². The molecular formula is C12H21N5OS. The minimum atomic E-state index is 0.364. The Morgan fingerprint density at radius 3 is 2.63 bits per heavy atom. The Hall–Kier alpha value is -1.24. The first-order valence-electron chi connectivity index (χ1n) is 6.70. The van der Waals surface area contributed by atoms with Crippen molar-refractivity contribution in [1.29, 1.82) is 0 Å². The van der Waals surface area contributed by atoms with Crippen LogP contribution in [-0.4, -0.2) is 46.7 Å². The van der Waals surface area contributed by atoms with Crippen molar-refractivity contribution in [3.8, 4) is 6.01 Å². The summed E-state index contributed by atoms with van der Waals surface area (Å²) in [4.78, 5) is 12.7. The molecule has 0 unspecified atom stereocenters. The molecule has 1 aliphatic heterocycles. The smallest absolute Gasteiger partial charge is 0.323 e. The fraction of sp³-hybridized carbons (Fsp3) is 0.750. The van der Waals surface area contributed by atoms with E-state index < -0.39 is 0 Å². The molecule has 19 heavy (non-hydrogen) atoms. The van der Waals surface area contributed by atoms with Gasteiger partial charge < -0.3 is 15.4 Å². The summed E-state index contributed by atoms with van der Waals surface area (Å²) in [6.45, 7) is 3.38. The van der Waals surface area contributed by atoms with Crippen LogP contribution in [0.4, 0.5) is 11.9 Å². The van der Waals surface area contributed by atoms with E-state index in [9.17, 15) is 0 Å². The van der Waals surface area contributed by atoms with Crippen LogP contribution in [0.2, 0.25) is 0 Å². The van der Waals surface area contributed by atoms with Gasteiger partial charge in [-0.25, -0.2) is 0 Å². The maximum atomic E-state index is 5.34. The fourth-order valence-corrected chi connectivity index (χ4v) is 3.13. The van der Waals surface area contributed by atoms with Crippen molar-refractivity contribution in [2.45, 2.75) is 19.8 Å². The van der Waals surface area contributed by atoms with E-state index in [4.69, 9.17) is 4.74 Å². The molecular weight excluding hydrogens is 262 g/mol. The topological polar surface area (TPSA) is 72.0 Å². The zero-order chi connectivity index (χ0) is 13.5. The van der Waals surface area contributed by atoms with Crippen LogP contribution < -0.4 is 15.4 Å². The van der Waals surface area contributed by atoms with Crippen LogP contribution in [0.15, 0.2) is 0 Å². The number of rotatable bonds is 6. The van der Waals surface area contributed by atoms with Crippen LogP contribution in [0.1, 0.15) is 19.8 Å². The van der Waals surface area contributed by atoms with Crippen molar-refractivity contribution in [1.82, 2.24) is 15.0 Å². The number of aromatic nitrogens is 3. The molecule has 0 amide bonds. The van der Waals surface area contributed by atoms with Crippen LogP contribution in [0, 0.1) is 5.92 Å². The van der Waals surface area contributed by atoms with Crippen molar-refractivity contribution in [3.63, 3.8) is 0 Å². The lowest BCUT2D eigenvalue weighted by Gasteiger charge is -2.21. The monoisotopic (exact) mass is 283 g/mol. The SMILES string of the molecule is CCOc1nc(NC)nc(NCC2CCSCC2)n1. The molecule has 0 radical (unpaired) electrons. The molecule has 1 aliphatic rings. The van der Waals surface area contributed by atoms with Crippen LogP contribution >= 0.6 is 11.8 Å². The quantitative estimate of drug-likeness (QED) is 0.825. The van der Waals surface area contributed by atoms with Crippen LogP contribution in [-0.2, 0) is 0 Å². The number of anilines is 2. The summed E-state index contributed by atoms with van der Waals surface area (Å²) in [6, 6.07) is 0.364. The van der Waals surface area contributed by atoms with Crippen molar-refractivity contribution in [2.75, 3.05) is 42.3 Å². The highest BCUT2D eigenvalue weighted by Crippen LogP contribution is 2.22. The third-order valence-electron chi connectivity index (χ3n) is 3.00. The number of nitrogens with zero attached hydrogens (tertiary/aromatic N) is 3. The maximum absolute atomic E-state index is 5.34. The van der Waals surface area contributed by atoms with Gasteiger partial charge in [-0.05, 0) is 37.2 Å². The molecule has 7 heteroatoms. The van der Waals surface area contributed by atoms with Gasteiger partial charge in [0.2, 0.25) is 11.9 Å². The van der Waals surface area contributed by atoms with Gasteiger partial charge in [0.25, 0.3) is 0 Å². The van der Waals surface area contributed by atoms with E-state index in [1.165, 1.54) is 24.3 Å². The Kier molecular flexibility index (Phi) is 5.50. The van der Waals surface area contributed by atoms with E-state index in [2.05, 4.69) is 25.6 Å². The molecule has 1 aromatic rings. The maximum Gasteiger partial charge on any atom is 0.323 e. The second-order valence-electron chi connectivity index (χ2n) is 4.38. The number of nitrogens with one attached hydrogen (secondary N) is 2. The number of hydrogen-bond donors (Lipinski definition) is 2. The van der Waals surface area contributed by atoms with Gasteiger partial charge in [-0.15, -0.1) is 0 Å². The first-order chi connectivity index (χ1) is 9.31. The van der Waals surface area contributed by atoms with Gasteiger partial charge in [0.1, 0.15) is 0 Å². The summed E-state index contributed by atoms with van der Waals surface area (Å²) in [5.41, 5.74) is 0. The van der Waals surface area contributed by atoms with Gasteiger partial charge in [0.05, 0.1) is 6.61 Å². The molecule has 0 saturated carbocycles. The van der Waals surface area contributed by atoms with Gasteiger partial charge in [0, 0.05) is 13.6 Å². The van der Waals surface area contributed by atoms with Gasteiger partial charge in [-0.3, -0.25) is 0 Å². The van der Waals surface area contributed by atoms with Crippen molar-refractivity contribution < 1.29 is 4.74 Å². The summed E-state index contributed by atoms with van der Waals surface area (Å²) in [6.07, 6.45) is 2.53. The zero-order valence-corrected chi connectivity index (χ0v) is 12.3. The Balaban J connectivity index is 1.95. The Morgan fingerprint density at radius 1 is 1.21 bits per heavy atom. The first kappa shape index (κ1) is 14.2. The highest BCUT2D eigenvalue weighted by Gasteiger charge is 2.14. The molecule has 2 heterocycles. The minimum Gasteiger partial charge on any atom is -0.464 e. The molecule has 0 atom stereocenters. The summed E-state index contributed by atoms with van der Waals surface area (Å²) in [5.74, 6) is 4.35. The number of ether oxygens (including phenoxy) is 1. The molecule has 106 valence electrons. The van der Waals surface area contributed by atoms with Gasteiger partial charge in [-0.2, -0.15) is 26.7 Å². The highest BCUT2D eigenvalue weighted by molar-refractivity contribution is 7.99. The summed E-state index contributed by atoms with van der Waals surface area (Å²) >= 11 is 2.04. The number of hydrogen-bond acceptors (Lipinski definition) is 7. The molecule has 1 aromatic heterocycles. The molecule has 1 saturated heterocycles. The van der Waals surface area contributed by atoms with Crippen LogP contribution in [0.25, 0.3) is 0 Å². The molecule has 6 nitrogen and oxygen atoms in total. The Morgan fingerprint density at radius 2 is 1.95 bits per heavy atom. The fourth-order valence-electron chi connectivity index (χ4n) is 1.93. The van der Waals surface area contributed by atoms with E-state index in [0.717, 1.165) is 6.54 Å². The normalized spacial score (nSPS) is 16.1. The number of thioether (sulfide) groups is 1. The largest absolute Gasteiger partial charge is 0.464 e. The predicted molar refractivity (Wildman–Crippen MR) is 79.1 cm³/mol. The average molecular weight is 283 g/mol. The summed E-state index contributed by atoms with van der Waals surface area (Å²) < 4.78 is 5.34. The highest BCUT2D eigenvalue weighted by atomic mass is 32.2. The first-order valence-corrected chi connectivity index (χ1v) is 7.85. The third kappa shape index (κ3) is 4.41. The second kappa shape index (κ2) is 7.37. The standard InChI is InChI=1S/C12H21N5OS/c1-3-18-12-16-10(13-2)15-11(17-12)14-8-9-4-6-19-7-5-9/h9H,3-8H2,1-2H3,(H2,13,14,15,16,17). The van der Waals surface area contributed by atoms with Crippen LogP contribution in [0.5, 0.6) is 6.01 Å². The summed E-state index contributed by atoms with van der Waals surface area (Å²) in [5, 5.41) is 6.21. The Bertz CT molecular complexity index is 398.